The molecule has 1 aliphatic heterocycles. The first-order valence-corrected chi connectivity index (χ1v) is 6.23. The van der Waals surface area contributed by atoms with Crippen LogP contribution >= 0.6 is 0 Å². The number of imide groups is 1. The molecule has 1 aromatic carbocycles. The van der Waals surface area contributed by atoms with Crippen LogP contribution in [0.4, 0.5) is 9.18 Å². The van der Waals surface area contributed by atoms with Gasteiger partial charge in [0, 0.05) is 0 Å². The van der Waals surface area contributed by atoms with Gasteiger partial charge in [0.2, 0.25) is 0 Å². The zero-order valence-electron chi connectivity index (χ0n) is 11.2. The van der Waals surface area contributed by atoms with Gasteiger partial charge in [-0.1, -0.05) is 26.0 Å². The zero-order valence-corrected chi connectivity index (χ0v) is 11.2. The smallest absolute Gasteiger partial charge is 0.323 e. The zero-order chi connectivity index (χ0) is 14.2. The highest BCUT2D eigenvalue weighted by Gasteiger charge is 2.49. The minimum absolute atomic E-state index is 0.0125. The molecule has 0 radical (unpaired) electrons. The average molecular weight is 264 g/mol. The van der Waals surface area contributed by atoms with Gasteiger partial charge in [0.25, 0.3) is 5.91 Å². The molecule has 1 saturated heterocycles. The van der Waals surface area contributed by atoms with Gasteiger partial charge in [0.1, 0.15) is 11.4 Å². The summed E-state index contributed by atoms with van der Waals surface area (Å²) in [6.07, 6.45) is 0. The van der Waals surface area contributed by atoms with Crippen molar-refractivity contribution >= 4 is 11.9 Å². The van der Waals surface area contributed by atoms with Crippen molar-refractivity contribution in [3.8, 4) is 0 Å². The van der Waals surface area contributed by atoms with Crippen LogP contribution in [0.3, 0.4) is 0 Å². The van der Waals surface area contributed by atoms with Crippen molar-refractivity contribution < 1.29 is 14.0 Å². The van der Waals surface area contributed by atoms with Crippen LogP contribution in [-0.4, -0.2) is 22.4 Å². The Balaban J connectivity index is 2.22. The van der Waals surface area contributed by atoms with Crippen molar-refractivity contribution in [1.82, 2.24) is 10.2 Å². The van der Waals surface area contributed by atoms with Gasteiger partial charge in [-0.25, -0.2) is 9.18 Å². The van der Waals surface area contributed by atoms with Gasteiger partial charge in [-0.3, -0.25) is 9.69 Å². The van der Waals surface area contributed by atoms with Gasteiger partial charge in [-0.15, -0.1) is 0 Å². The second-order valence-electron chi connectivity index (χ2n) is 5.31. The molecule has 5 heteroatoms. The molecular weight excluding hydrogens is 247 g/mol. The van der Waals surface area contributed by atoms with Crippen LogP contribution in [0.2, 0.25) is 0 Å². The molecule has 4 nitrogen and oxygen atoms in total. The van der Waals surface area contributed by atoms with Gasteiger partial charge in [-0.2, -0.15) is 0 Å². The fourth-order valence-corrected chi connectivity index (χ4v) is 2.07. The lowest BCUT2D eigenvalue weighted by atomic mass is 9.88. The number of nitrogens with zero attached hydrogens (tertiary/aromatic N) is 1. The molecule has 3 amide bonds. The molecule has 0 spiro atoms. The van der Waals surface area contributed by atoms with Crippen molar-refractivity contribution in [2.45, 2.75) is 32.9 Å². The fourth-order valence-electron chi connectivity index (χ4n) is 2.07. The predicted octanol–water partition coefficient (Wildman–Crippen LogP) is 2.29. The average Bonchev–Trinajstić information content (AvgIpc) is 2.54. The van der Waals surface area contributed by atoms with Crippen LogP contribution < -0.4 is 5.32 Å². The molecule has 1 aromatic rings. The molecule has 0 aliphatic carbocycles. The van der Waals surface area contributed by atoms with E-state index < -0.39 is 11.6 Å². The minimum Gasteiger partial charge on any atom is -0.323 e. The van der Waals surface area contributed by atoms with Gasteiger partial charge < -0.3 is 5.32 Å². The molecule has 0 bridgehead atoms. The van der Waals surface area contributed by atoms with Crippen LogP contribution in [0.15, 0.2) is 24.3 Å². The Labute approximate surface area is 111 Å². The van der Waals surface area contributed by atoms with E-state index in [-0.39, 0.29) is 24.2 Å². The highest BCUT2D eigenvalue weighted by molar-refractivity contribution is 6.06. The molecule has 19 heavy (non-hydrogen) atoms. The molecule has 2 rings (SSSR count). The van der Waals surface area contributed by atoms with E-state index >= 15 is 0 Å². The number of hydrogen-bond acceptors (Lipinski definition) is 2. The van der Waals surface area contributed by atoms with Crippen LogP contribution in [0.25, 0.3) is 0 Å². The molecule has 1 aliphatic rings. The number of nitrogens with one attached hydrogen (secondary N) is 1. The molecule has 1 atom stereocenters. The van der Waals surface area contributed by atoms with Gasteiger partial charge in [0.05, 0.1) is 6.54 Å². The molecule has 0 saturated carbocycles. The number of rotatable bonds is 3. The maximum absolute atomic E-state index is 13.1. The Bertz CT molecular complexity index is 530. The lowest BCUT2D eigenvalue weighted by Crippen LogP contribution is -2.48. The molecular formula is C14H17FN2O2. The van der Waals surface area contributed by atoms with Crippen molar-refractivity contribution in [2.24, 2.45) is 5.92 Å². The first-order valence-electron chi connectivity index (χ1n) is 6.23. The maximum atomic E-state index is 13.1. The van der Waals surface area contributed by atoms with Crippen molar-refractivity contribution in [3.63, 3.8) is 0 Å². The summed E-state index contributed by atoms with van der Waals surface area (Å²) in [7, 11) is 0. The second-order valence-corrected chi connectivity index (χ2v) is 5.31. The van der Waals surface area contributed by atoms with Crippen LogP contribution in [-0.2, 0) is 11.3 Å². The quantitative estimate of drug-likeness (QED) is 0.851. The number of carbonyl (C=O) groups excluding carboxylic acids is 2. The third-order valence-corrected chi connectivity index (χ3v) is 3.69. The van der Waals surface area contributed by atoms with Crippen LogP contribution in [0.1, 0.15) is 26.3 Å². The number of benzene rings is 1. The normalized spacial score (nSPS) is 23.1. The molecule has 1 N–H and O–H groups in total. The number of carbonyl (C=O) groups is 2. The Morgan fingerprint density at radius 3 is 2.58 bits per heavy atom. The van der Waals surface area contributed by atoms with E-state index in [1.165, 1.54) is 12.1 Å². The Morgan fingerprint density at radius 2 is 2.05 bits per heavy atom. The van der Waals surface area contributed by atoms with Crippen molar-refractivity contribution in [2.75, 3.05) is 0 Å². The van der Waals surface area contributed by atoms with E-state index in [1.54, 1.807) is 19.1 Å². The Kier molecular flexibility index (Phi) is 3.30. The summed E-state index contributed by atoms with van der Waals surface area (Å²) in [6.45, 7) is 5.56. The van der Waals surface area contributed by atoms with E-state index in [0.717, 1.165) is 4.90 Å². The van der Waals surface area contributed by atoms with Crippen molar-refractivity contribution in [3.05, 3.63) is 35.6 Å². The summed E-state index contributed by atoms with van der Waals surface area (Å²) in [6, 6.07) is 5.48. The second kappa shape index (κ2) is 4.64. The van der Waals surface area contributed by atoms with Gasteiger partial charge in [0.15, 0.2) is 0 Å². The highest BCUT2D eigenvalue weighted by Crippen LogP contribution is 2.26. The van der Waals surface area contributed by atoms with Crippen LogP contribution in [0, 0.1) is 11.7 Å². The SMILES string of the molecule is CC(C)[C@@]1(C)NC(=O)N(Cc2cccc(F)c2)C1=O. The largest absolute Gasteiger partial charge is 0.325 e. The summed E-state index contributed by atoms with van der Waals surface area (Å²) in [5, 5.41) is 2.71. The Morgan fingerprint density at radius 1 is 1.37 bits per heavy atom. The summed E-state index contributed by atoms with van der Waals surface area (Å²) in [5.41, 5.74) is -0.291. The van der Waals surface area contributed by atoms with E-state index in [2.05, 4.69) is 5.32 Å². The summed E-state index contributed by atoms with van der Waals surface area (Å²) in [4.78, 5) is 25.3. The number of urea groups is 1. The maximum Gasteiger partial charge on any atom is 0.325 e. The molecule has 0 unspecified atom stereocenters. The monoisotopic (exact) mass is 264 g/mol. The topological polar surface area (TPSA) is 49.4 Å². The number of hydrogen-bond donors (Lipinski definition) is 1. The summed E-state index contributed by atoms with van der Waals surface area (Å²) < 4.78 is 13.1. The predicted molar refractivity (Wildman–Crippen MR) is 68.7 cm³/mol. The van der Waals surface area contributed by atoms with E-state index in [0.29, 0.717) is 5.56 Å². The molecule has 1 fully saturated rings. The standard InChI is InChI=1S/C14H17FN2O2/c1-9(2)14(3)12(18)17(13(19)16-14)8-10-5-4-6-11(15)7-10/h4-7,9H,8H2,1-3H3,(H,16,19)/t14-/m1/s1. The third kappa shape index (κ3) is 2.32. The lowest BCUT2D eigenvalue weighted by Gasteiger charge is -2.25. The Hall–Kier alpha value is -1.91. The van der Waals surface area contributed by atoms with E-state index in [1.807, 2.05) is 13.8 Å². The highest BCUT2D eigenvalue weighted by atomic mass is 19.1. The minimum atomic E-state index is -0.885. The lowest BCUT2D eigenvalue weighted by molar-refractivity contribution is -0.132. The summed E-state index contributed by atoms with van der Waals surface area (Å²) in [5.74, 6) is -0.658. The fraction of sp³-hybridized carbons (Fsp3) is 0.429. The first-order chi connectivity index (χ1) is 8.84. The van der Waals surface area contributed by atoms with E-state index in [9.17, 15) is 14.0 Å². The van der Waals surface area contributed by atoms with Crippen LogP contribution in [0.5, 0.6) is 0 Å². The number of halogens is 1. The third-order valence-electron chi connectivity index (χ3n) is 3.69. The summed E-state index contributed by atoms with van der Waals surface area (Å²) >= 11 is 0. The molecule has 1 heterocycles. The number of amides is 3. The van der Waals surface area contributed by atoms with Crippen molar-refractivity contribution in [1.29, 1.82) is 0 Å². The van der Waals surface area contributed by atoms with E-state index in [4.69, 9.17) is 0 Å². The van der Waals surface area contributed by atoms with Gasteiger partial charge in [-0.05, 0) is 30.5 Å². The van der Waals surface area contributed by atoms with Gasteiger partial charge >= 0.3 is 6.03 Å². The molecule has 0 aromatic heterocycles. The first kappa shape index (κ1) is 13.5. The molecule has 102 valence electrons.